The predicted octanol–water partition coefficient (Wildman–Crippen LogP) is 4.79. The van der Waals surface area contributed by atoms with E-state index in [-0.39, 0.29) is 30.6 Å². The predicted molar refractivity (Wildman–Crippen MR) is 134 cm³/mol. The molecule has 0 aliphatic rings. The van der Waals surface area contributed by atoms with E-state index in [9.17, 15) is 14.5 Å². The lowest BCUT2D eigenvalue weighted by Crippen LogP contribution is -2.37. The summed E-state index contributed by atoms with van der Waals surface area (Å²) in [6.45, 7) is 11.5. The van der Waals surface area contributed by atoms with Gasteiger partial charge in [-0.3, -0.25) is 9.59 Å². The Morgan fingerprint density at radius 3 is 2.36 bits per heavy atom. The summed E-state index contributed by atoms with van der Waals surface area (Å²) in [6, 6.07) is 3.79. The van der Waals surface area contributed by atoms with E-state index in [1.165, 1.54) is 0 Å². The molecule has 186 valence electrons. The van der Waals surface area contributed by atoms with Gasteiger partial charge in [0.15, 0.2) is 0 Å². The SMILES string of the molecule is Cc1cc(OCCN(C)C)c(C(C)C)cc1OC(=O)CCCC(=O)N(C)CC(C)(C)SN=O. The zero-order valence-electron chi connectivity index (χ0n) is 21.3. The van der Waals surface area contributed by atoms with E-state index < -0.39 is 4.75 Å². The number of hydrogen-bond acceptors (Lipinski definition) is 8. The molecule has 0 saturated carbocycles. The van der Waals surface area contributed by atoms with Crippen molar-refractivity contribution in [3.05, 3.63) is 28.2 Å². The Kier molecular flexibility index (Phi) is 11.9. The lowest BCUT2D eigenvalue weighted by Gasteiger charge is -2.27. The molecule has 0 aliphatic heterocycles. The van der Waals surface area contributed by atoms with Crippen LogP contribution in [0.4, 0.5) is 0 Å². The van der Waals surface area contributed by atoms with Crippen LogP contribution >= 0.6 is 11.9 Å². The van der Waals surface area contributed by atoms with Crippen LogP contribution in [0.3, 0.4) is 0 Å². The fourth-order valence-electron chi connectivity index (χ4n) is 3.24. The first-order valence-electron chi connectivity index (χ1n) is 11.2. The minimum absolute atomic E-state index is 0.0834. The highest BCUT2D eigenvalue weighted by atomic mass is 32.2. The van der Waals surface area contributed by atoms with E-state index >= 15 is 0 Å². The van der Waals surface area contributed by atoms with E-state index in [0.717, 1.165) is 35.4 Å². The second-order valence-corrected chi connectivity index (χ2v) is 10.9. The third-order valence-corrected chi connectivity index (χ3v) is 5.75. The van der Waals surface area contributed by atoms with Crippen LogP contribution in [0.5, 0.6) is 11.5 Å². The van der Waals surface area contributed by atoms with Gasteiger partial charge in [-0.2, -0.15) is 0 Å². The van der Waals surface area contributed by atoms with Crippen LogP contribution in [0.15, 0.2) is 16.7 Å². The lowest BCUT2D eigenvalue weighted by molar-refractivity contribution is -0.135. The summed E-state index contributed by atoms with van der Waals surface area (Å²) < 4.78 is 14.0. The van der Waals surface area contributed by atoms with Crippen molar-refractivity contribution in [1.82, 2.24) is 9.80 Å². The summed E-state index contributed by atoms with van der Waals surface area (Å²) in [4.78, 5) is 38.9. The van der Waals surface area contributed by atoms with Gasteiger partial charge in [-0.05, 0) is 64.9 Å². The number of nitrogens with zero attached hydrogens (tertiary/aromatic N) is 3. The molecule has 8 nitrogen and oxygen atoms in total. The summed E-state index contributed by atoms with van der Waals surface area (Å²) in [6.07, 6.45) is 0.768. The van der Waals surface area contributed by atoms with Crippen molar-refractivity contribution in [3.63, 3.8) is 0 Å². The third kappa shape index (κ3) is 10.6. The number of carbonyl (C=O) groups excluding carboxylic acids is 2. The average Bonchev–Trinajstić information content (AvgIpc) is 2.68. The van der Waals surface area contributed by atoms with Gasteiger partial charge in [-0.1, -0.05) is 13.8 Å². The number of rotatable bonds is 14. The number of nitroso groups, excluding NO2 is 1. The quantitative estimate of drug-likeness (QED) is 0.163. The Bertz CT molecular complexity index is 812. The largest absolute Gasteiger partial charge is 0.492 e. The van der Waals surface area contributed by atoms with Crippen molar-refractivity contribution >= 4 is 23.8 Å². The van der Waals surface area contributed by atoms with Crippen LogP contribution in [0.25, 0.3) is 0 Å². The van der Waals surface area contributed by atoms with Crippen LogP contribution in [-0.2, 0) is 9.59 Å². The monoisotopic (exact) mass is 481 g/mol. The van der Waals surface area contributed by atoms with Crippen LogP contribution in [0.2, 0.25) is 0 Å². The maximum atomic E-state index is 12.4. The summed E-state index contributed by atoms with van der Waals surface area (Å²) in [5, 5.41) is 0. The zero-order chi connectivity index (χ0) is 25.2. The molecule has 0 heterocycles. The van der Waals surface area contributed by atoms with Crippen molar-refractivity contribution in [2.24, 2.45) is 4.58 Å². The molecule has 0 bridgehead atoms. The molecule has 33 heavy (non-hydrogen) atoms. The molecule has 0 aliphatic carbocycles. The van der Waals surface area contributed by atoms with Gasteiger partial charge in [-0.15, -0.1) is 4.91 Å². The number of esters is 1. The van der Waals surface area contributed by atoms with Crippen LogP contribution in [0.1, 0.15) is 64.0 Å². The van der Waals surface area contributed by atoms with E-state index in [1.54, 1.807) is 11.9 Å². The maximum absolute atomic E-state index is 12.4. The molecule has 0 radical (unpaired) electrons. The van der Waals surface area contributed by atoms with Crippen molar-refractivity contribution < 1.29 is 19.1 Å². The molecule has 1 amide bonds. The van der Waals surface area contributed by atoms with Gasteiger partial charge in [0.2, 0.25) is 5.91 Å². The standard InChI is InChI=1S/C24H39N3O5S/c1-17(2)19-15-20(18(3)14-21(19)31-13-12-26(6)7)32-23(29)11-9-10-22(28)27(8)16-24(4,5)33-25-30/h14-15,17H,9-13,16H2,1-8H3. The first kappa shape index (κ1) is 28.9. The Morgan fingerprint density at radius 1 is 1.12 bits per heavy atom. The van der Waals surface area contributed by atoms with Crippen LogP contribution in [0, 0.1) is 11.8 Å². The third-order valence-electron chi connectivity index (χ3n) is 5.05. The normalized spacial score (nSPS) is 11.6. The number of amides is 1. The Balaban J connectivity index is 2.65. The Labute approximate surface area is 202 Å². The first-order chi connectivity index (χ1) is 15.4. The van der Waals surface area contributed by atoms with E-state index in [1.807, 2.05) is 47.0 Å². The molecule has 9 heteroatoms. The highest BCUT2D eigenvalue weighted by molar-refractivity contribution is 7.99. The van der Waals surface area contributed by atoms with Gasteiger partial charge < -0.3 is 19.3 Å². The summed E-state index contributed by atoms with van der Waals surface area (Å²) >= 11 is 0.910. The van der Waals surface area contributed by atoms with Crippen molar-refractivity contribution in [2.45, 2.75) is 64.5 Å². The van der Waals surface area contributed by atoms with Crippen molar-refractivity contribution in [3.8, 4) is 11.5 Å². The molecule has 1 rings (SSSR count). The average molecular weight is 482 g/mol. The molecule has 1 aromatic rings. The Hall–Kier alpha value is -2.13. The fraction of sp³-hybridized carbons (Fsp3) is 0.667. The highest BCUT2D eigenvalue weighted by Crippen LogP contribution is 2.34. The smallest absolute Gasteiger partial charge is 0.311 e. The molecular formula is C24H39N3O5S. The summed E-state index contributed by atoms with van der Waals surface area (Å²) in [5.41, 5.74) is 1.82. The minimum atomic E-state index is -0.459. The van der Waals surface area contributed by atoms with Gasteiger partial charge in [0, 0.05) is 55.1 Å². The number of benzene rings is 1. The lowest BCUT2D eigenvalue weighted by atomic mass is 9.99. The molecule has 0 aromatic heterocycles. The second-order valence-electron chi connectivity index (χ2n) is 9.46. The molecule has 0 fully saturated rings. The highest BCUT2D eigenvalue weighted by Gasteiger charge is 2.24. The van der Waals surface area contributed by atoms with Crippen LogP contribution < -0.4 is 9.47 Å². The first-order valence-corrected chi connectivity index (χ1v) is 12.0. The van der Waals surface area contributed by atoms with Crippen LogP contribution in [-0.4, -0.2) is 67.3 Å². The van der Waals surface area contributed by atoms with Crippen molar-refractivity contribution in [2.75, 3.05) is 40.8 Å². The Morgan fingerprint density at radius 2 is 1.79 bits per heavy atom. The van der Waals surface area contributed by atoms with Crippen molar-refractivity contribution in [1.29, 1.82) is 0 Å². The minimum Gasteiger partial charge on any atom is -0.492 e. The van der Waals surface area contributed by atoms with E-state index in [0.29, 0.717) is 25.3 Å². The number of aryl methyl sites for hydroxylation is 1. The summed E-state index contributed by atoms with van der Waals surface area (Å²) in [7, 11) is 5.68. The zero-order valence-corrected chi connectivity index (χ0v) is 22.1. The molecule has 0 atom stereocenters. The van der Waals surface area contributed by atoms with Gasteiger partial charge in [0.05, 0.1) is 4.75 Å². The number of likely N-dealkylation sites (N-methyl/N-ethyl adjacent to an activating group) is 1. The molecular weight excluding hydrogens is 442 g/mol. The number of ether oxygens (including phenoxy) is 2. The molecule has 0 spiro atoms. The van der Waals surface area contributed by atoms with Gasteiger partial charge in [0.25, 0.3) is 0 Å². The van der Waals surface area contributed by atoms with Gasteiger partial charge in [0.1, 0.15) is 18.1 Å². The second kappa shape index (κ2) is 13.5. The van der Waals surface area contributed by atoms with E-state index in [2.05, 4.69) is 23.3 Å². The van der Waals surface area contributed by atoms with Gasteiger partial charge in [-0.25, -0.2) is 0 Å². The topological polar surface area (TPSA) is 88.5 Å². The molecule has 0 unspecified atom stereocenters. The van der Waals surface area contributed by atoms with E-state index in [4.69, 9.17) is 9.47 Å². The maximum Gasteiger partial charge on any atom is 0.311 e. The fourth-order valence-corrected chi connectivity index (χ4v) is 3.69. The number of carbonyl (C=O) groups is 2. The molecule has 1 aromatic carbocycles. The van der Waals surface area contributed by atoms with Gasteiger partial charge >= 0.3 is 5.97 Å². The molecule has 0 saturated heterocycles. The molecule has 0 N–H and O–H groups in total. The summed E-state index contributed by atoms with van der Waals surface area (Å²) in [5.74, 6) is 1.09. The number of hydrogen-bond donors (Lipinski definition) is 0.